The van der Waals surface area contributed by atoms with Gasteiger partial charge >= 0.3 is 0 Å². The Labute approximate surface area is 209 Å². The van der Waals surface area contributed by atoms with E-state index >= 15 is 0 Å². The molecule has 0 aromatic heterocycles. The highest BCUT2D eigenvalue weighted by Gasteiger charge is 2.52. The zero-order valence-electron chi connectivity index (χ0n) is 22.3. The average molecular weight is 474 g/mol. The summed E-state index contributed by atoms with van der Waals surface area (Å²) in [5, 5.41) is 0.0996. The lowest BCUT2D eigenvalue weighted by Crippen LogP contribution is -2.56. The summed E-state index contributed by atoms with van der Waals surface area (Å²) < 4.78 is 7.58. The third-order valence-electron chi connectivity index (χ3n) is 7.69. The molecule has 1 atom stereocenters. The van der Waals surface area contributed by atoms with E-state index in [0.717, 1.165) is 25.0 Å². The molecule has 2 aromatic carbocycles. The molecule has 0 unspecified atom stereocenters. The van der Waals surface area contributed by atoms with Crippen molar-refractivity contribution in [2.45, 2.75) is 77.2 Å². The Morgan fingerprint density at radius 2 is 1.50 bits per heavy atom. The Morgan fingerprint density at radius 3 is 1.97 bits per heavy atom. The Kier molecular flexibility index (Phi) is 8.10. The minimum atomic E-state index is -2.14. The molecule has 1 saturated heterocycles. The van der Waals surface area contributed by atoms with Crippen molar-refractivity contribution < 1.29 is 4.43 Å². The predicted molar refractivity (Wildman–Crippen MR) is 149 cm³/mol. The Morgan fingerprint density at radius 1 is 0.971 bits per heavy atom. The van der Waals surface area contributed by atoms with Gasteiger partial charge in [-0.2, -0.15) is 0 Å². The van der Waals surface area contributed by atoms with Crippen molar-refractivity contribution in [3.05, 3.63) is 108 Å². The van der Waals surface area contributed by atoms with Crippen LogP contribution < -0.4 is 0 Å². The van der Waals surface area contributed by atoms with E-state index in [9.17, 15) is 0 Å². The molecule has 34 heavy (non-hydrogen) atoms. The van der Waals surface area contributed by atoms with E-state index in [1.54, 1.807) is 0 Å². The van der Waals surface area contributed by atoms with Crippen LogP contribution in [0.15, 0.2) is 96.7 Å². The molecule has 182 valence electrons. The molecule has 0 spiro atoms. The predicted octanol–water partition coefficient (Wildman–Crippen LogP) is 8.45. The van der Waals surface area contributed by atoms with Crippen molar-refractivity contribution in [1.29, 1.82) is 0 Å². The Hall–Kier alpha value is -2.36. The standard InChI is InChI=1S/C31H43NOSi/c1-25(2)26(3)17-15-23-32-24-16-22-29(32)31(27-18-11-9-12-19-27,28-20-13-10-14-21-28)33-34(7,8)30(4,5)6/h9-15,17-21,23,29H,1,16,22,24H2,2-8H3/b23-15+,26-17+/t29-/m0/s1. The maximum atomic E-state index is 7.58. The summed E-state index contributed by atoms with van der Waals surface area (Å²) in [6.45, 7) is 21.0. The summed E-state index contributed by atoms with van der Waals surface area (Å²) in [7, 11) is -2.14. The van der Waals surface area contributed by atoms with Gasteiger partial charge in [-0.25, -0.2) is 0 Å². The molecule has 3 heteroatoms. The lowest BCUT2D eigenvalue weighted by Gasteiger charge is -2.50. The van der Waals surface area contributed by atoms with E-state index < -0.39 is 13.9 Å². The second-order valence-corrected chi connectivity index (χ2v) is 15.9. The van der Waals surface area contributed by atoms with Crippen molar-refractivity contribution in [1.82, 2.24) is 4.90 Å². The van der Waals surface area contributed by atoms with Crippen LogP contribution in [-0.2, 0) is 10.0 Å². The van der Waals surface area contributed by atoms with Gasteiger partial charge in [-0.05, 0) is 73.8 Å². The third-order valence-corrected chi connectivity index (χ3v) is 12.1. The molecular formula is C31H43NOSi. The van der Waals surface area contributed by atoms with Crippen molar-refractivity contribution in [2.75, 3.05) is 6.54 Å². The summed E-state index contributed by atoms with van der Waals surface area (Å²) >= 11 is 0. The molecular weight excluding hydrogens is 430 g/mol. The zero-order valence-corrected chi connectivity index (χ0v) is 23.3. The fourth-order valence-corrected chi connectivity index (χ4v) is 5.99. The number of allylic oxidation sites excluding steroid dienone is 4. The van der Waals surface area contributed by atoms with Gasteiger partial charge in [0, 0.05) is 6.54 Å². The van der Waals surface area contributed by atoms with E-state index in [1.165, 1.54) is 16.7 Å². The normalized spacial score (nSPS) is 18.0. The number of nitrogens with zero attached hydrogens (tertiary/aromatic N) is 1. The molecule has 0 radical (unpaired) electrons. The second-order valence-electron chi connectivity index (χ2n) is 11.2. The molecule has 1 heterocycles. The smallest absolute Gasteiger partial charge is 0.193 e. The molecule has 1 aliphatic rings. The third kappa shape index (κ3) is 5.47. The highest BCUT2D eigenvalue weighted by Crippen LogP contribution is 2.49. The number of hydrogen-bond donors (Lipinski definition) is 0. The molecule has 0 aliphatic carbocycles. The number of hydrogen-bond acceptors (Lipinski definition) is 2. The lowest BCUT2D eigenvalue weighted by molar-refractivity contribution is 0.0225. The van der Waals surface area contributed by atoms with Crippen molar-refractivity contribution in [2.24, 2.45) is 0 Å². The van der Waals surface area contributed by atoms with Gasteiger partial charge in [-0.1, -0.05) is 99.7 Å². The van der Waals surface area contributed by atoms with Crippen LogP contribution in [-0.4, -0.2) is 25.8 Å². The minimum absolute atomic E-state index is 0.0996. The van der Waals surface area contributed by atoms with Gasteiger partial charge in [-0.15, -0.1) is 0 Å². The summed E-state index contributed by atoms with van der Waals surface area (Å²) in [6, 6.07) is 22.0. The lowest BCUT2D eigenvalue weighted by atomic mass is 9.79. The topological polar surface area (TPSA) is 12.5 Å². The first-order valence-electron chi connectivity index (χ1n) is 12.6. The quantitative estimate of drug-likeness (QED) is 0.282. The van der Waals surface area contributed by atoms with E-state index in [1.807, 2.05) is 0 Å². The van der Waals surface area contributed by atoms with E-state index in [0.29, 0.717) is 0 Å². The molecule has 2 nitrogen and oxygen atoms in total. The number of likely N-dealkylation sites (tertiary alicyclic amines) is 1. The monoisotopic (exact) mass is 473 g/mol. The van der Waals surface area contributed by atoms with Gasteiger partial charge < -0.3 is 9.33 Å². The number of rotatable bonds is 8. The van der Waals surface area contributed by atoms with E-state index in [4.69, 9.17) is 4.43 Å². The summed E-state index contributed by atoms with van der Waals surface area (Å²) in [6.07, 6.45) is 8.85. The van der Waals surface area contributed by atoms with Crippen molar-refractivity contribution in [3.8, 4) is 0 Å². The van der Waals surface area contributed by atoms with Gasteiger partial charge in [0.05, 0.1) is 6.04 Å². The van der Waals surface area contributed by atoms with Crippen LogP contribution >= 0.6 is 0 Å². The maximum absolute atomic E-state index is 7.58. The van der Waals surface area contributed by atoms with Gasteiger partial charge in [0.2, 0.25) is 0 Å². The van der Waals surface area contributed by atoms with Crippen LogP contribution in [0.3, 0.4) is 0 Å². The molecule has 0 saturated carbocycles. The first-order valence-corrected chi connectivity index (χ1v) is 15.5. The number of benzene rings is 2. The van der Waals surface area contributed by atoms with Gasteiger partial charge in [0.1, 0.15) is 5.60 Å². The zero-order chi connectivity index (χ0) is 25.0. The Balaban J connectivity index is 2.20. The summed E-state index contributed by atoms with van der Waals surface area (Å²) in [5.74, 6) is 0. The maximum Gasteiger partial charge on any atom is 0.193 e. The van der Waals surface area contributed by atoms with Gasteiger partial charge in [0.25, 0.3) is 0 Å². The van der Waals surface area contributed by atoms with Crippen LogP contribution in [0.25, 0.3) is 0 Å². The van der Waals surface area contributed by atoms with Gasteiger partial charge in [0.15, 0.2) is 8.32 Å². The molecule has 3 rings (SSSR count). The van der Waals surface area contributed by atoms with Crippen LogP contribution in [0.5, 0.6) is 0 Å². The molecule has 1 aliphatic heterocycles. The molecule has 0 N–H and O–H groups in total. The van der Waals surface area contributed by atoms with E-state index in [2.05, 4.69) is 138 Å². The highest BCUT2D eigenvalue weighted by molar-refractivity contribution is 6.74. The minimum Gasteiger partial charge on any atom is -0.401 e. The summed E-state index contributed by atoms with van der Waals surface area (Å²) in [5.41, 5.74) is 4.25. The first kappa shape index (κ1) is 26.2. The summed E-state index contributed by atoms with van der Waals surface area (Å²) in [4.78, 5) is 2.51. The van der Waals surface area contributed by atoms with E-state index in [-0.39, 0.29) is 11.1 Å². The molecule has 1 fully saturated rings. The van der Waals surface area contributed by atoms with Crippen LogP contribution in [0.1, 0.15) is 58.6 Å². The second kappa shape index (κ2) is 10.5. The molecule has 2 aromatic rings. The first-order chi connectivity index (χ1) is 16.0. The molecule has 0 bridgehead atoms. The van der Waals surface area contributed by atoms with Crippen LogP contribution in [0.4, 0.5) is 0 Å². The van der Waals surface area contributed by atoms with Crippen LogP contribution in [0.2, 0.25) is 18.1 Å². The SMILES string of the molecule is C=C(C)/C(C)=C/C=C/N1CCC[C@H]1C(O[Si](C)(C)C(C)(C)C)(c1ccccc1)c1ccccc1. The largest absolute Gasteiger partial charge is 0.401 e. The van der Waals surface area contributed by atoms with Crippen molar-refractivity contribution in [3.63, 3.8) is 0 Å². The highest BCUT2D eigenvalue weighted by atomic mass is 28.4. The van der Waals surface area contributed by atoms with Crippen LogP contribution in [0, 0.1) is 0 Å². The van der Waals surface area contributed by atoms with Gasteiger partial charge in [-0.3, -0.25) is 0 Å². The fourth-order valence-electron chi connectivity index (χ4n) is 4.51. The molecule has 0 amide bonds. The average Bonchev–Trinajstić information content (AvgIpc) is 3.26. The van der Waals surface area contributed by atoms with Crippen molar-refractivity contribution >= 4 is 8.32 Å². The Bertz CT molecular complexity index is 975. The fraction of sp³-hybridized carbons (Fsp3) is 0.419.